The third-order valence-electron chi connectivity index (χ3n) is 11.9. The van der Waals surface area contributed by atoms with E-state index in [0.29, 0.717) is 45.9 Å². The van der Waals surface area contributed by atoms with Crippen molar-refractivity contribution in [1.29, 1.82) is 0 Å². The molecule has 18 heteroatoms. The highest BCUT2D eigenvalue weighted by Crippen LogP contribution is 2.31. The molecule has 2 amide bonds. The maximum absolute atomic E-state index is 14.1. The molecular weight excluding hydrogens is 998 g/mol. The van der Waals surface area contributed by atoms with Gasteiger partial charge in [-0.05, 0) is 158 Å². The summed E-state index contributed by atoms with van der Waals surface area (Å²) in [5.41, 5.74) is 4.02. The molecule has 1 heterocycles. The minimum Gasteiger partial charge on any atom is -0.494 e. The van der Waals surface area contributed by atoms with E-state index in [0.717, 1.165) is 25.7 Å². The first-order valence-corrected chi connectivity index (χ1v) is 25.5. The molecule has 6 aromatic carbocycles. The lowest BCUT2D eigenvalue weighted by molar-refractivity contribution is -0.0625. The Bertz CT molecular complexity index is 2930. The molecule has 7 rings (SSSR count). The number of esters is 4. The molecule has 1 aliphatic rings. The minimum absolute atomic E-state index is 0.00854. The van der Waals surface area contributed by atoms with E-state index in [9.17, 15) is 37.1 Å². The highest BCUT2D eigenvalue weighted by Gasteiger charge is 2.45. The molecule has 1 radical (unpaired) electrons. The first-order valence-electron chi connectivity index (χ1n) is 25.5. The van der Waals surface area contributed by atoms with Gasteiger partial charge < -0.3 is 28.4 Å². The number of rotatable bonds is 26. The number of amidine groups is 1. The fraction of sp³-hybridized carbons (Fsp3) is 0.288. The lowest BCUT2D eigenvalue weighted by Gasteiger charge is -2.32. The smallest absolute Gasteiger partial charge is 0.455 e. The lowest BCUT2D eigenvalue weighted by Crippen LogP contribution is -2.55. The number of nitrogens with zero attached hydrogens (tertiary/aromatic N) is 4. The molecular formula is C59H58F3N4O11. The molecule has 401 valence electrons. The second-order valence-corrected chi connectivity index (χ2v) is 17.8. The van der Waals surface area contributed by atoms with Gasteiger partial charge in [0, 0.05) is 0 Å². The van der Waals surface area contributed by atoms with Crippen LogP contribution in [0.4, 0.5) is 29.3 Å². The van der Waals surface area contributed by atoms with Crippen LogP contribution in [-0.2, 0) is 0 Å². The van der Waals surface area contributed by atoms with Crippen LogP contribution in [0.5, 0.6) is 34.5 Å². The zero-order valence-corrected chi connectivity index (χ0v) is 42.7. The van der Waals surface area contributed by atoms with Crippen LogP contribution in [-0.4, -0.2) is 55.1 Å². The number of alkyl halides is 3. The van der Waals surface area contributed by atoms with E-state index in [1.807, 2.05) is 0 Å². The fourth-order valence-corrected chi connectivity index (χ4v) is 7.65. The summed E-state index contributed by atoms with van der Waals surface area (Å²) >= 11 is 0. The normalized spacial score (nSPS) is 12.3. The Hall–Kier alpha value is -8.67. The number of ether oxygens (including phenoxy) is 6. The largest absolute Gasteiger partial charge is 0.494 e. The van der Waals surface area contributed by atoms with Crippen molar-refractivity contribution in [2.75, 3.05) is 23.2 Å². The van der Waals surface area contributed by atoms with Crippen molar-refractivity contribution in [1.82, 2.24) is 5.43 Å². The summed E-state index contributed by atoms with van der Waals surface area (Å²) < 4.78 is 75.8. The Kier molecular flexibility index (Phi) is 20.2. The van der Waals surface area contributed by atoms with Crippen LogP contribution in [0.1, 0.15) is 132 Å². The van der Waals surface area contributed by atoms with Gasteiger partial charge in [0.2, 0.25) is 0 Å². The number of halogens is 3. The summed E-state index contributed by atoms with van der Waals surface area (Å²) in [7, 11) is 0. The Morgan fingerprint density at radius 2 is 0.688 bits per heavy atom. The van der Waals surface area contributed by atoms with E-state index in [1.165, 1.54) is 148 Å². The predicted molar refractivity (Wildman–Crippen MR) is 282 cm³/mol. The van der Waals surface area contributed by atoms with Gasteiger partial charge in [0.25, 0.3) is 5.84 Å². The van der Waals surface area contributed by atoms with Gasteiger partial charge in [-0.2, -0.15) is 23.2 Å². The third-order valence-corrected chi connectivity index (χ3v) is 11.9. The molecule has 0 saturated heterocycles. The van der Waals surface area contributed by atoms with E-state index in [2.05, 4.69) is 24.4 Å². The van der Waals surface area contributed by atoms with Gasteiger partial charge >= 0.3 is 36.1 Å². The van der Waals surface area contributed by atoms with Gasteiger partial charge in [-0.15, -0.1) is 10.5 Å². The molecule has 0 aromatic heterocycles. The number of hydrogen-bond acceptors (Lipinski definition) is 12. The number of amides is 2. The molecule has 0 bridgehead atoms. The Labute approximate surface area is 444 Å². The standard InChI is InChI=1S/C59H58F3N4O11/c1-3-5-7-9-11-13-39-72-47-27-15-41(16-28-47)53(67)74-49-31-19-43(20-32-49)55(69)76-51-35-23-45(24-36-51)65-58(71)66(64-57(63-65)59(60,61)62)46-25-37-52(38-26-46)77-56(70)44-21-33-50(34-22-44)75-54(68)42-17-29-48(30-18-42)73-40-14-12-10-8-6-4-2/h15-38H,3-14,39-40H2,1-2H3. The van der Waals surface area contributed by atoms with Crippen molar-refractivity contribution in [3.8, 4) is 34.5 Å². The fourth-order valence-electron chi connectivity index (χ4n) is 7.65. The average molecular weight is 1060 g/mol. The summed E-state index contributed by atoms with van der Waals surface area (Å²) in [4.78, 5) is 65.3. The zero-order valence-electron chi connectivity index (χ0n) is 42.7. The maximum atomic E-state index is 14.1. The summed E-state index contributed by atoms with van der Waals surface area (Å²) in [5, 5.41) is 4.43. The van der Waals surface area contributed by atoms with Crippen molar-refractivity contribution >= 4 is 47.1 Å². The van der Waals surface area contributed by atoms with Crippen LogP contribution >= 0.6 is 0 Å². The van der Waals surface area contributed by atoms with Crippen molar-refractivity contribution < 1.29 is 65.6 Å². The topological polar surface area (TPSA) is 174 Å². The number of anilines is 2. The Balaban J connectivity index is 0.883. The van der Waals surface area contributed by atoms with E-state index in [1.54, 1.807) is 48.5 Å². The van der Waals surface area contributed by atoms with Crippen LogP contribution in [0, 0.1) is 0 Å². The Morgan fingerprint density at radius 3 is 1.01 bits per heavy atom. The van der Waals surface area contributed by atoms with E-state index in [-0.39, 0.29) is 45.5 Å². The zero-order chi connectivity index (χ0) is 54.6. The third kappa shape index (κ3) is 16.7. The second-order valence-electron chi connectivity index (χ2n) is 17.8. The van der Waals surface area contributed by atoms with E-state index in [4.69, 9.17) is 28.4 Å². The van der Waals surface area contributed by atoms with Crippen LogP contribution < -0.4 is 43.9 Å². The highest BCUT2D eigenvalue weighted by atomic mass is 19.4. The molecule has 15 nitrogen and oxygen atoms in total. The second kappa shape index (κ2) is 27.7. The number of unbranched alkanes of at least 4 members (excludes halogenated alkanes) is 10. The lowest BCUT2D eigenvalue weighted by atomic mass is 10.1. The van der Waals surface area contributed by atoms with Crippen molar-refractivity contribution in [3.05, 3.63) is 168 Å². The number of hydrazone groups is 1. The molecule has 0 unspecified atom stereocenters. The average Bonchev–Trinajstić information content (AvgIpc) is 3.44. The summed E-state index contributed by atoms with van der Waals surface area (Å²) in [6.45, 7) is 5.54. The number of benzene rings is 6. The molecule has 6 aromatic rings. The summed E-state index contributed by atoms with van der Waals surface area (Å²) in [5.74, 6) is -2.83. The van der Waals surface area contributed by atoms with Gasteiger partial charge in [0.1, 0.15) is 34.5 Å². The van der Waals surface area contributed by atoms with E-state index >= 15 is 0 Å². The Morgan fingerprint density at radius 1 is 0.403 bits per heavy atom. The van der Waals surface area contributed by atoms with Crippen molar-refractivity contribution in [2.45, 2.75) is 97.1 Å². The highest BCUT2D eigenvalue weighted by molar-refractivity contribution is 6.10. The van der Waals surface area contributed by atoms with Crippen LogP contribution in [0.3, 0.4) is 0 Å². The molecule has 0 N–H and O–H groups in total. The maximum Gasteiger partial charge on any atom is 0.455 e. The molecule has 0 atom stereocenters. The van der Waals surface area contributed by atoms with E-state index < -0.39 is 41.9 Å². The molecule has 77 heavy (non-hydrogen) atoms. The van der Waals surface area contributed by atoms with Crippen molar-refractivity contribution in [2.24, 2.45) is 5.10 Å². The monoisotopic (exact) mass is 1060 g/mol. The SMILES string of the molecule is CCCCCCCCOc1ccc(C(=O)Oc2ccc(C(=O)Oc3ccc(N4[N]C(C(F)(F)F)=NN(c5ccc(OC(=O)c6ccc(OC(=O)c7ccc(OCCCCCCCC)cc7)cc6)cc5)C4=O)cc3)cc2)cc1. The van der Waals surface area contributed by atoms with Gasteiger partial charge in [-0.3, -0.25) is 0 Å². The van der Waals surface area contributed by atoms with Gasteiger partial charge in [0.15, 0.2) is 0 Å². The van der Waals surface area contributed by atoms with Gasteiger partial charge in [0.05, 0.1) is 46.8 Å². The van der Waals surface area contributed by atoms with Crippen LogP contribution in [0.15, 0.2) is 151 Å². The number of carbonyl (C=O) groups is 5. The van der Waals surface area contributed by atoms with Crippen LogP contribution in [0.2, 0.25) is 0 Å². The summed E-state index contributed by atoms with van der Waals surface area (Å²) in [6, 6.07) is 33.3. The molecule has 0 spiro atoms. The minimum atomic E-state index is -5.08. The number of carbonyl (C=O) groups excluding carboxylic acids is 5. The summed E-state index contributed by atoms with van der Waals surface area (Å²) in [6.07, 6.45) is 8.69. The quantitative estimate of drug-likeness (QED) is 0.0287. The number of urea groups is 1. The first kappa shape index (κ1) is 56.1. The molecule has 1 aliphatic heterocycles. The predicted octanol–water partition coefficient (Wildman–Crippen LogP) is 13.9. The first-order chi connectivity index (χ1) is 37.3. The molecule has 0 fully saturated rings. The number of hydrogen-bond donors (Lipinski definition) is 0. The van der Waals surface area contributed by atoms with Crippen LogP contribution in [0.25, 0.3) is 0 Å². The van der Waals surface area contributed by atoms with Crippen molar-refractivity contribution in [3.63, 3.8) is 0 Å². The molecule has 0 aliphatic carbocycles. The van der Waals surface area contributed by atoms with Gasteiger partial charge in [-0.25, -0.2) is 24.0 Å². The van der Waals surface area contributed by atoms with Gasteiger partial charge in [-0.1, -0.05) is 78.1 Å². The molecule has 0 saturated carbocycles.